The first-order valence-corrected chi connectivity index (χ1v) is 12.3. The molecule has 3 aromatic carbocycles. The molecule has 2 bridgehead atoms. The van der Waals surface area contributed by atoms with Gasteiger partial charge < -0.3 is 9.84 Å². The van der Waals surface area contributed by atoms with Crippen molar-refractivity contribution in [2.24, 2.45) is 11.8 Å². The molecule has 202 valence electrons. The van der Waals surface area contributed by atoms with E-state index in [0.717, 1.165) is 23.3 Å². The maximum atomic E-state index is 14.0. The topological polar surface area (TPSA) is 49.8 Å². The van der Waals surface area contributed by atoms with Crippen LogP contribution in [-0.4, -0.2) is 41.2 Å². The van der Waals surface area contributed by atoms with Crippen LogP contribution in [0.2, 0.25) is 0 Å². The van der Waals surface area contributed by atoms with E-state index >= 15 is 0 Å². The summed E-state index contributed by atoms with van der Waals surface area (Å²) in [6.07, 6.45) is -4.66. The number of ether oxygens (including phenoxy) is 1. The Balaban J connectivity index is 0.00000336. The average Bonchev–Trinajstić information content (AvgIpc) is 2.89. The monoisotopic (exact) mass is 549 g/mol. The molecule has 3 fully saturated rings. The number of carboxylic acids is 1. The zero-order valence-corrected chi connectivity index (χ0v) is 21.2. The minimum atomic E-state index is -4.69. The molecule has 9 heteroatoms. The van der Waals surface area contributed by atoms with E-state index in [0.29, 0.717) is 25.6 Å². The fourth-order valence-electron chi connectivity index (χ4n) is 6.00. The summed E-state index contributed by atoms with van der Waals surface area (Å²) in [5.41, 5.74) is 1.06. The van der Waals surface area contributed by atoms with Gasteiger partial charge in [0, 0.05) is 24.4 Å². The van der Waals surface area contributed by atoms with E-state index in [2.05, 4.69) is 4.90 Å². The molecule has 6 rings (SSSR count). The Labute approximate surface area is 224 Å². The first-order chi connectivity index (χ1) is 17.7. The largest absolute Gasteiger partial charge is 0.481 e. The fourth-order valence-corrected chi connectivity index (χ4v) is 6.00. The van der Waals surface area contributed by atoms with Gasteiger partial charge in [0.2, 0.25) is 0 Å². The molecule has 5 atom stereocenters. The molecule has 3 aliphatic rings. The van der Waals surface area contributed by atoms with Crippen molar-refractivity contribution in [1.29, 1.82) is 0 Å². The molecule has 0 amide bonds. The number of aliphatic carboxylic acids is 1. The lowest BCUT2D eigenvalue weighted by atomic mass is 9.68. The lowest BCUT2D eigenvalue weighted by molar-refractivity contribution is -0.172. The Bertz CT molecular complexity index is 1200. The number of halogens is 5. The van der Waals surface area contributed by atoms with Gasteiger partial charge in [-0.1, -0.05) is 60.7 Å². The Morgan fingerprint density at radius 1 is 1.00 bits per heavy atom. The van der Waals surface area contributed by atoms with E-state index in [4.69, 9.17) is 4.74 Å². The van der Waals surface area contributed by atoms with E-state index < -0.39 is 35.5 Å². The summed E-state index contributed by atoms with van der Waals surface area (Å²) in [5, 5.41) is 9.93. The van der Waals surface area contributed by atoms with Gasteiger partial charge in [-0.15, -0.1) is 12.4 Å². The summed E-state index contributed by atoms with van der Waals surface area (Å²) in [6, 6.07) is 21.9. The van der Waals surface area contributed by atoms with Gasteiger partial charge in [0.25, 0.3) is 0 Å². The van der Waals surface area contributed by atoms with Crippen molar-refractivity contribution in [3.05, 3.63) is 107 Å². The summed E-state index contributed by atoms with van der Waals surface area (Å²) in [6.45, 7) is 0.821. The van der Waals surface area contributed by atoms with Crippen LogP contribution in [0.1, 0.15) is 34.6 Å². The van der Waals surface area contributed by atoms with Gasteiger partial charge in [-0.2, -0.15) is 13.2 Å². The van der Waals surface area contributed by atoms with E-state index in [-0.39, 0.29) is 42.5 Å². The third kappa shape index (κ3) is 5.72. The minimum Gasteiger partial charge on any atom is -0.481 e. The molecule has 0 radical (unpaired) electrons. The van der Waals surface area contributed by atoms with Gasteiger partial charge in [0.15, 0.2) is 0 Å². The number of hydrogen-bond acceptors (Lipinski definition) is 3. The number of fused-ring (bicyclic) bond motifs is 3. The molecule has 4 nitrogen and oxygen atoms in total. The van der Waals surface area contributed by atoms with Crippen molar-refractivity contribution in [3.8, 4) is 0 Å². The molecule has 3 aromatic rings. The number of rotatable bonds is 7. The highest BCUT2D eigenvalue weighted by Crippen LogP contribution is 2.46. The van der Waals surface area contributed by atoms with E-state index in [9.17, 15) is 27.5 Å². The third-order valence-electron chi connectivity index (χ3n) is 7.58. The van der Waals surface area contributed by atoms with Gasteiger partial charge in [0.05, 0.1) is 24.2 Å². The average molecular weight is 550 g/mol. The molecule has 0 spiro atoms. The number of benzene rings is 3. The number of nitrogens with zero attached hydrogens (tertiary/aromatic N) is 1. The van der Waals surface area contributed by atoms with Crippen LogP contribution in [0.15, 0.2) is 78.9 Å². The first kappa shape index (κ1) is 28.1. The van der Waals surface area contributed by atoms with Crippen molar-refractivity contribution < 1.29 is 32.2 Å². The van der Waals surface area contributed by atoms with Gasteiger partial charge in [0.1, 0.15) is 5.82 Å². The second-order valence-electron chi connectivity index (χ2n) is 9.80. The van der Waals surface area contributed by atoms with Crippen LogP contribution >= 0.6 is 12.4 Å². The fraction of sp³-hybridized carbons (Fsp3) is 0.345. The lowest BCUT2D eigenvalue weighted by Gasteiger charge is -2.55. The molecular weight excluding hydrogens is 522 g/mol. The maximum Gasteiger partial charge on any atom is 0.416 e. The number of alkyl halides is 3. The second kappa shape index (κ2) is 11.4. The van der Waals surface area contributed by atoms with Crippen LogP contribution in [0.4, 0.5) is 17.6 Å². The molecular formula is C29H28ClF4NO3. The normalized spacial score (nSPS) is 24.7. The Kier molecular flexibility index (Phi) is 8.45. The summed E-state index contributed by atoms with van der Waals surface area (Å²) in [7, 11) is 0. The van der Waals surface area contributed by atoms with Gasteiger partial charge in [-0.25, -0.2) is 4.39 Å². The highest BCUT2D eigenvalue weighted by atomic mass is 35.5. The van der Waals surface area contributed by atoms with Crippen molar-refractivity contribution in [1.82, 2.24) is 4.90 Å². The zero-order chi connectivity index (χ0) is 26.2. The number of piperidine rings is 3. The Morgan fingerprint density at radius 2 is 1.61 bits per heavy atom. The Morgan fingerprint density at radius 3 is 2.16 bits per heavy atom. The van der Waals surface area contributed by atoms with Crippen LogP contribution in [0.3, 0.4) is 0 Å². The summed E-state index contributed by atoms with van der Waals surface area (Å²) < 4.78 is 60.2. The first-order valence-electron chi connectivity index (χ1n) is 12.3. The molecule has 3 saturated heterocycles. The third-order valence-corrected chi connectivity index (χ3v) is 7.58. The van der Waals surface area contributed by atoms with Gasteiger partial charge in [-0.3, -0.25) is 9.69 Å². The quantitative estimate of drug-likeness (QED) is 0.347. The van der Waals surface area contributed by atoms with Crippen molar-refractivity contribution in [2.45, 2.75) is 37.3 Å². The van der Waals surface area contributed by atoms with Gasteiger partial charge >= 0.3 is 12.1 Å². The van der Waals surface area contributed by atoms with Crippen LogP contribution in [0, 0.1) is 17.7 Å². The second-order valence-corrected chi connectivity index (χ2v) is 9.80. The lowest BCUT2D eigenvalue weighted by Crippen LogP contribution is -2.65. The number of carbonyl (C=O) groups is 1. The van der Waals surface area contributed by atoms with Crippen LogP contribution in [0.25, 0.3) is 0 Å². The Hall–Kier alpha value is -2.94. The molecule has 0 saturated carbocycles. The molecule has 0 aromatic heterocycles. The highest BCUT2D eigenvalue weighted by Gasteiger charge is 2.53. The number of carboxylic acid groups (broad SMARTS) is 1. The molecule has 3 aliphatic heterocycles. The molecule has 1 N–H and O–H groups in total. The molecule has 0 aliphatic carbocycles. The van der Waals surface area contributed by atoms with Crippen LogP contribution in [0.5, 0.6) is 0 Å². The van der Waals surface area contributed by atoms with Crippen LogP contribution < -0.4 is 0 Å². The van der Waals surface area contributed by atoms with Crippen molar-refractivity contribution in [3.63, 3.8) is 0 Å². The number of hydrogen-bond donors (Lipinski definition) is 1. The molecule has 3 heterocycles. The zero-order valence-electron chi connectivity index (χ0n) is 20.4. The summed E-state index contributed by atoms with van der Waals surface area (Å²) in [5.74, 6) is -3.03. The standard InChI is InChI=1S/C29H27F4NO3.ClH/c30-22-14-18(13-21(15-22)29(31,32)33)17-37-27-23-11-12-34(16-24(23)28(35)36)26(27)25(19-7-3-1-4-8-19)20-9-5-2-6-10-20;/h1-10,13-15,23-27H,11-12,16-17H2,(H,35,36);1H/t23-,24-,26+,27+;/m1./s1. The smallest absolute Gasteiger partial charge is 0.416 e. The highest BCUT2D eigenvalue weighted by molar-refractivity contribution is 5.85. The van der Waals surface area contributed by atoms with E-state index in [1.54, 1.807) is 0 Å². The maximum absolute atomic E-state index is 14.0. The van der Waals surface area contributed by atoms with Crippen molar-refractivity contribution >= 4 is 18.4 Å². The van der Waals surface area contributed by atoms with E-state index in [1.807, 2.05) is 60.7 Å². The minimum absolute atomic E-state index is 0. The van der Waals surface area contributed by atoms with Crippen molar-refractivity contribution in [2.75, 3.05) is 13.1 Å². The molecule has 38 heavy (non-hydrogen) atoms. The predicted molar refractivity (Wildman–Crippen MR) is 137 cm³/mol. The van der Waals surface area contributed by atoms with E-state index in [1.165, 1.54) is 0 Å². The SMILES string of the molecule is Cl.O=C(O)[C@@H]1CN2CC[C@H]1[C@H](OCc1cc(F)cc(C(F)(F)F)c1)[C@@H]2C(c1ccccc1)c1ccccc1. The van der Waals surface area contributed by atoms with Gasteiger partial charge in [-0.05, 0) is 47.9 Å². The predicted octanol–water partition coefficient (Wildman–Crippen LogP) is 6.39. The summed E-state index contributed by atoms with van der Waals surface area (Å²) >= 11 is 0. The molecule has 1 unspecified atom stereocenters. The summed E-state index contributed by atoms with van der Waals surface area (Å²) in [4.78, 5) is 14.3. The van der Waals surface area contributed by atoms with Crippen LogP contribution in [-0.2, 0) is 22.3 Å².